The molecule has 2 aromatic rings. The molecule has 1 aromatic carbocycles. The average Bonchev–Trinajstić information content (AvgIpc) is 2.42. The van der Waals surface area contributed by atoms with E-state index in [1.54, 1.807) is 19.3 Å². The molecule has 0 spiro atoms. The Morgan fingerprint density at radius 2 is 2.06 bits per heavy atom. The number of nitrogens with one attached hydrogen (secondary N) is 1. The smallest absolute Gasteiger partial charge is 0.146 e. The van der Waals surface area contributed by atoms with E-state index in [1.807, 2.05) is 30.3 Å². The van der Waals surface area contributed by atoms with E-state index in [4.69, 9.17) is 4.74 Å². The van der Waals surface area contributed by atoms with Gasteiger partial charge in [0.25, 0.3) is 0 Å². The van der Waals surface area contributed by atoms with E-state index in [9.17, 15) is 4.39 Å². The average molecular weight is 246 g/mol. The Morgan fingerprint density at radius 3 is 2.72 bits per heavy atom. The lowest BCUT2D eigenvalue weighted by Crippen LogP contribution is -2.24. The van der Waals surface area contributed by atoms with E-state index in [-0.39, 0.29) is 11.9 Å². The second-order valence-corrected chi connectivity index (χ2v) is 3.86. The molecule has 1 N–H and O–H groups in total. The van der Waals surface area contributed by atoms with E-state index in [0.29, 0.717) is 12.2 Å². The largest absolute Gasteiger partial charge is 0.492 e. The Balaban J connectivity index is 2.04. The molecule has 0 saturated heterocycles. The zero-order chi connectivity index (χ0) is 12.8. The molecular weight excluding hydrogens is 231 g/mol. The lowest BCUT2D eigenvalue weighted by molar-refractivity contribution is 0.269. The van der Waals surface area contributed by atoms with E-state index in [0.717, 1.165) is 5.75 Å². The van der Waals surface area contributed by atoms with E-state index in [1.165, 1.54) is 6.20 Å². The third kappa shape index (κ3) is 3.05. The molecule has 1 atom stereocenters. The Bertz CT molecular complexity index is 490. The first-order valence-corrected chi connectivity index (χ1v) is 5.76. The fourth-order valence-electron chi connectivity index (χ4n) is 1.69. The van der Waals surface area contributed by atoms with Crippen molar-refractivity contribution in [1.29, 1.82) is 0 Å². The first-order chi connectivity index (χ1) is 8.81. The van der Waals surface area contributed by atoms with Crippen molar-refractivity contribution >= 4 is 0 Å². The van der Waals surface area contributed by atoms with Crippen LogP contribution in [0.2, 0.25) is 0 Å². The number of pyridine rings is 1. The third-order valence-electron chi connectivity index (χ3n) is 2.69. The van der Waals surface area contributed by atoms with Gasteiger partial charge >= 0.3 is 0 Å². The zero-order valence-corrected chi connectivity index (χ0v) is 10.1. The fourth-order valence-corrected chi connectivity index (χ4v) is 1.69. The first kappa shape index (κ1) is 12.5. The summed E-state index contributed by atoms with van der Waals surface area (Å²) < 4.78 is 19.2. The summed E-state index contributed by atoms with van der Waals surface area (Å²) in [6.07, 6.45) is 2.79. The van der Waals surface area contributed by atoms with Gasteiger partial charge in [0.15, 0.2) is 0 Å². The number of aromatic nitrogens is 1. The van der Waals surface area contributed by atoms with Crippen molar-refractivity contribution < 1.29 is 9.13 Å². The molecule has 1 unspecified atom stereocenters. The molecule has 0 aliphatic rings. The number of hydrogen-bond acceptors (Lipinski definition) is 3. The quantitative estimate of drug-likeness (QED) is 0.880. The van der Waals surface area contributed by atoms with Crippen molar-refractivity contribution in [3.63, 3.8) is 0 Å². The molecule has 0 aliphatic carbocycles. The standard InChI is InChI=1S/C14H15FN2O/c1-16-14(12-7-8-17-9-13(12)15)10-18-11-5-3-2-4-6-11/h2-9,14,16H,10H2,1H3. The van der Waals surface area contributed by atoms with Gasteiger partial charge in [-0.15, -0.1) is 0 Å². The number of nitrogens with zero attached hydrogens (tertiary/aromatic N) is 1. The Hall–Kier alpha value is -1.94. The van der Waals surface area contributed by atoms with Gasteiger partial charge in [-0.05, 0) is 25.2 Å². The highest BCUT2D eigenvalue weighted by Gasteiger charge is 2.14. The molecular formula is C14H15FN2O. The first-order valence-electron chi connectivity index (χ1n) is 5.76. The molecule has 18 heavy (non-hydrogen) atoms. The maximum Gasteiger partial charge on any atom is 0.146 e. The summed E-state index contributed by atoms with van der Waals surface area (Å²) in [4.78, 5) is 3.74. The molecule has 4 heteroatoms. The summed E-state index contributed by atoms with van der Waals surface area (Å²) in [6, 6.07) is 10.9. The highest BCUT2D eigenvalue weighted by molar-refractivity contribution is 5.22. The minimum Gasteiger partial charge on any atom is -0.492 e. The van der Waals surface area contributed by atoms with E-state index < -0.39 is 0 Å². The van der Waals surface area contributed by atoms with Gasteiger partial charge in [0, 0.05) is 11.8 Å². The zero-order valence-electron chi connectivity index (χ0n) is 10.1. The predicted molar refractivity (Wildman–Crippen MR) is 67.9 cm³/mol. The maximum atomic E-state index is 13.6. The Labute approximate surface area is 106 Å². The summed E-state index contributed by atoms with van der Waals surface area (Å²) in [5.41, 5.74) is 0.559. The normalized spacial score (nSPS) is 12.1. The molecule has 1 aromatic heterocycles. The number of ether oxygens (including phenoxy) is 1. The van der Waals surface area contributed by atoms with Crippen LogP contribution in [0.15, 0.2) is 48.8 Å². The molecule has 94 valence electrons. The van der Waals surface area contributed by atoms with Crippen LogP contribution in [-0.4, -0.2) is 18.6 Å². The molecule has 0 aliphatic heterocycles. The Morgan fingerprint density at radius 1 is 1.28 bits per heavy atom. The molecule has 3 nitrogen and oxygen atoms in total. The van der Waals surface area contributed by atoms with Crippen LogP contribution in [0.25, 0.3) is 0 Å². The van der Waals surface area contributed by atoms with Crippen LogP contribution in [0.4, 0.5) is 4.39 Å². The molecule has 1 heterocycles. The predicted octanol–water partition coefficient (Wildman–Crippen LogP) is 2.56. The van der Waals surface area contributed by atoms with E-state index in [2.05, 4.69) is 10.3 Å². The molecule has 0 bridgehead atoms. The monoisotopic (exact) mass is 246 g/mol. The van der Waals surface area contributed by atoms with Crippen LogP contribution in [0.5, 0.6) is 5.75 Å². The van der Waals surface area contributed by atoms with E-state index >= 15 is 0 Å². The van der Waals surface area contributed by atoms with Gasteiger partial charge in [0.1, 0.15) is 18.2 Å². The van der Waals surface area contributed by atoms with Crippen molar-refractivity contribution in [3.8, 4) is 5.75 Å². The van der Waals surface area contributed by atoms with Gasteiger partial charge in [-0.3, -0.25) is 4.98 Å². The molecule has 0 saturated carbocycles. The molecule has 0 radical (unpaired) electrons. The van der Waals surface area contributed by atoms with Gasteiger partial charge in [0.2, 0.25) is 0 Å². The maximum absolute atomic E-state index is 13.6. The summed E-state index contributed by atoms with van der Waals surface area (Å²) in [5.74, 6) is 0.445. The number of halogens is 1. The van der Waals surface area contributed by atoms with Crippen LogP contribution in [0.1, 0.15) is 11.6 Å². The number of para-hydroxylation sites is 1. The molecule has 2 rings (SSSR count). The lowest BCUT2D eigenvalue weighted by atomic mass is 10.1. The summed E-state index contributed by atoms with van der Waals surface area (Å²) in [6.45, 7) is 0.363. The van der Waals surface area contributed by atoms with Crippen molar-refractivity contribution in [3.05, 3.63) is 60.2 Å². The van der Waals surface area contributed by atoms with Crippen molar-refractivity contribution in [2.24, 2.45) is 0 Å². The van der Waals surface area contributed by atoms with Gasteiger partial charge in [-0.2, -0.15) is 0 Å². The van der Waals surface area contributed by atoms with Crippen LogP contribution < -0.4 is 10.1 Å². The van der Waals surface area contributed by atoms with Crippen LogP contribution in [0.3, 0.4) is 0 Å². The Kier molecular flexibility index (Phi) is 4.25. The van der Waals surface area contributed by atoms with Gasteiger partial charge in [-0.25, -0.2) is 4.39 Å². The minimum atomic E-state index is -0.325. The van der Waals surface area contributed by atoms with Gasteiger partial charge < -0.3 is 10.1 Å². The number of benzene rings is 1. The van der Waals surface area contributed by atoms with Crippen molar-refractivity contribution in [2.75, 3.05) is 13.7 Å². The fraction of sp³-hybridized carbons (Fsp3) is 0.214. The number of rotatable bonds is 5. The van der Waals surface area contributed by atoms with Crippen LogP contribution in [-0.2, 0) is 0 Å². The second kappa shape index (κ2) is 6.12. The van der Waals surface area contributed by atoms with Gasteiger partial charge in [0.05, 0.1) is 12.2 Å². The van der Waals surface area contributed by atoms with Crippen LogP contribution in [0, 0.1) is 5.82 Å². The van der Waals surface area contributed by atoms with Crippen LogP contribution >= 0.6 is 0 Å². The molecule has 0 fully saturated rings. The van der Waals surface area contributed by atoms with Crippen molar-refractivity contribution in [1.82, 2.24) is 10.3 Å². The second-order valence-electron chi connectivity index (χ2n) is 3.86. The molecule has 0 amide bonds. The highest BCUT2D eigenvalue weighted by atomic mass is 19.1. The summed E-state index contributed by atoms with van der Waals surface area (Å²) in [5, 5.41) is 3.04. The third-order valence-corrected chi connectivity index (χ3v) is 2.69. The highest BCUT2D eigenvalue weighted by Crippen LogP contribution is 2.17. The van der Waals surface area contributed by atoms with Gasteiger partial charge in [-0.1, -0.05) is 18.2 Å². The lowest BCUT2D eigenvalue weighted by Gasteiger charge is -2.17. The minimum absolute atomic E-state index is 0.201. The summed E-state index contributed by atoms with van der Waals surface area (Å²) >= 11 is 0. The SMILES string of the molecule is CNC(COc1ccccc1)c1ccncc1F. The van der Waals surface area contributed by atoms with Crippen molar-refractivity contribution in [2.45, 2.75) is 6.04 Å². The summed E-state index contributed by atoms with van der Waals surface area (Å²) in [7, 11) is 1.78. The number of likely N-dealkylation sites (N-methyl/N-ethyl adjacent to an activating group) is 1. The topological polar surface area (TPSA) is 34.1 Å². The number of hydrogen-bond donors (Lipinski definition) is 1.